The van der Waals surface area contributed by atoms with Crippen LogP contribution in [0.1, 0.15) is 41.0 Å². The lowest BCUT2D eigenvalue weighted by Gasteiger charge is -2.18. The van der Waals surface area contributed by atoms with Gasteiger partial charge in [0.15, 0.2) is 0 Å². The molecular formula is C38H34Cl3NO6S2. The molecule has 1 atom stereocenters. The number of carbonyl (C=O) groups is 3. The average Bonchev–Trinajstić information content (AvgIpc) is 3.59. The molecule has 0 unspecified atom stereocenters. The molecule has 0 saturated carbocycles. The zero-order chi connectivity index (χ0) is 35.8. The third-order valence-electron chi connectivity index (χ3n) is 8.31. The Balaban J connectivity index is 0.000000204. The van der Waals surface area contributed by atoms with Crippen LogP contribution in [-0.4, -0.2) is 61.9 Å². The molecule has 0 aromatic heterocycles. The van der Waals surface area contributed by atoms with Gasteiger partial charge in [-0.1, -0.05) is 132 Å². The van der Waals surface area contributed by atoms with Gasteiger partial charge in [0.1, 0.15) is 12.6 Å². The number of amides is 1. The van der Waals surface area contributed by atoms with Crippen LogP contribution in [0.4, 0.5) is 4.79 Å². The summed E-state index contributed by atoms with van der Waals surface area (Å²) in [5, 5.41) is 22.3. The predicted molar refractivity (Wildman–Crippen MR) is 205 cm³/mol. The van der Waals surface area contributed by atoms with E-state index in [4.69, 9.17) is 44.6 Å². The molecule has 0 saturated heterocycles. The molecule has 12 heteroatoms. The zero-order valence-corrected chi connectivity index (χ0v) is 30.8. The Bertz CT molecular complexity index is 1810. The minimum atomic E-state index is -1.76. The largest absolute Gasteiger partial charge is 0.480 e. The van der Waals surface area contributed by atoms with E-state index in [0.29, 0.717) is 17.2 Å². The maximum atomic E-state index is 11.8. The van der Waals surface area contributed by atoms with E-state index in [-0.39, 0.29) is 11.7 Å². The Morgan fingerprint density at radius 2 is 1.18 bits per heavy atom. The van der Waals surface area contributed by atoms with Crippen molar-refractivity contribution in [3.63, 3.8) is 0 Å². The molecule has 2 aliphatic rings. The van der Waals surface area contributed by atoms with Crippen LogP contribution in [0.2, 0.25) is 0 Å². The molecule has 260 valence electrons. The molecule has 2 aliphatic carbocycles. The highest BCUT2D eigenvalue weighted by Gasteiger charge is 2.30. The fourth-order valence-corrected chi connectivity index (χ4v) is 8.36. The number of benzene rings is 4. The number of alkyl carbamates (subject to hydrolysis) is 1. The third-order valence-corrected chi connectivity index (χ3v) is 10.8. The number of ether oxygens (including phenoxy) is 1. The van der Waals surface area contributed by atoms with Crippen molar-refractivity contribution in [1.82, 2.24) is 5.32 Å². The second kappa shape index (κ2) is 17.1. The quantitative estimate of drug-likeness (QED) is 0.102. The van der Waals surface area contributed by atoms with Gasteiger partial charge in [0, 0.05) is 34.7 Å². The Labute approximate surface area is 314 Å². The summed E-state index contributed by atoms with van der Waals surface area (Å²) < 4.78 is 2.99. The van der Waals surface area contributed by atoms with Crippen LogP contribution in [0.15, 0.2) is 108 Å². The second-order valence-corrected chi connectivity index (χ2v) is 16.2. The van der Waals surface area contributed by atoms with Gasteiger partial charge in [0.05, 0.1) is 0 Å². The van der Waals surface area contributed by atoms with Gasteiger partial charge in [0.25, 0.3) is 0 Å². The molecule has 6 rings (SSSR count). The number of hydrogen-bond donors (Lipinski definition) is 3. The lowest BCUT2D eigenvalue weighted by molar-refractivity contribution is -0.138. The number of carboxylic acids is 2. The van der Waals surface area contributed by atoms with E-state index in [1.165, 1.54) is 56.3 Å². The van der Waals surface area contributed by atoms with Crippen molar-refractivity contribution in [3.8, 4) is 22.3 Å². The number of nitrogens with one attached hydrogen (secondary N) is 1. The van der Waals surface area contributed by atoms with Gasteiger partial charge in [-0.25, -0.2) is 14.4 Å². The number of hydrogen-bond acceptors (Lipinski definition) is 6. The number of alkyl halides is 3. The third kappa shape index (κ3) is 9.38. The molecule has 7 nitrogen and oxygen atoms in total. The number of carbonyl (C=O) groups excluding carboxylic acids is 1. The molecule has 0 radical (unpaired) electrons. The highest BCUT2D eigenvalue weighted by atomic mass is 35.6. The van der Waals surface area contributed by atoms with Gasteiger partial charge in [-0.05, 0) is 56.8 Å². The summed E-state index contributed by atoms with van der Waals surface area (Å²) in [5.74, 6) is 0.212. The Hall–Kier alpha value is -3.60. The lowest BCUT2D eigenvalue weighted by Crippen LogP contribution is -2.43. The van der Waals surface area contributed by atoms with Crippen molar-refractivity contribution < 1.29 is 29.3 Å². The van der Waals surface area contributed by atoms with E-state index in [0.717, 1.165) is 5.75 Å². The first-order chi connectivity index (χ1) is 23.9. The molecule has 0 bridgehead atoms. The summed E-state index contributed by atoms with van der Waals surface area (Å²) in [6, 6.07) is 32.3. The van der Waals surface area contributed by atoms with Crippen LogP contribution in [0, 0.1) is 0 Å². The van der Waals surface area contributed by atoms with Crippen molar-refractivity contribution in [2.45, 2.75) is 28.6 Å². The maximum Gasteiger partial charge on any atom is 0.408 e. The highest BCUT2D eigenvalue weighted by molar-refractivity contribution is 8.02. The Morgan fingerprint density at radius 3 is 1.58 bits per heavy atom. The van der Waals surface area contributed by atoms with Crippen LogP contribution >= 0.6 is 58.3 Å². The van der Waals surface area contributed by atoms with Crippen LogP contribution in [0.25, 0.3) is 22.3 Å². The molecule has 4 aromatic carbocycles. The SMILES string of the molecule is C/C(=C/SCC1c2ccccc2-c2ccccc21)C(=O)O.O=C(N[C@H](CSCC1c2ccccc2-c2ccccc21)C(=O)O)OCC(Cl)(Cl)Cl. The number of aliphatic carboxylic acids is 2. The van der Waals surface area contributed by atoms with Crippen molar-refractivity contribution in [3.05, 3.63) is 130 Å². The van der Waals surface area contributed by atoms with Crippen molar-refractivity contribution in [2.24, 2.45) is 0 Å². The first-order valence-corrected chi connectivity index (χ1v) is 19.0. The standard InChI is InChI=1S/C20H18Cl3NO4S.C18H16O2S/c21-20(22,23)11-28-19(27)24-17(18(25)26)10-29-9-16-14-7-3-1-5-12(14)13-6-2-4-8-15(13)16;1-12(18(19)20)10-21-11-17-15-8-4-2-6-13(15)14-7-3-5-9-16(14)17/h1-8,16-17H,9-11H2,(H,24,27)(H,25,26);2-10,17H,11H2,1H3,(H,19,20)/b;12-10-/t17-;/m1./s1. The first kappa shape index (κ1) is 37.7. The summed E-state index contributed by atoms with van der Waals surface area (Å²) in [6.45, 7) is 1.16. The van der Waals surface area contributed by atoms with Gasteiger partial charge >= 0.3 is 18.0 Å². The Kier molecular flexibility index (Phi) is 12.9. The minimum absolute atomic E-state index is 0.165. The molecule has 50 heavy (non-hydrogen) atoms. The highest BCUT2D eigenvalue weighted by Crippen LogP contribution is 2.47. The average molecular weight is 771 g/mol. The number of halogens is 3. The summed E-state index contributed by atoms with van der Waals surface area (Å²) in [5.41, 5.74) is 10.5. The van der Waals surface area contributed by atoms with E-state index in [2.05, 4.69) is 78.1 Å². The van der Waals surface area contributed by atoms with Crippen molar-refractivity contribution in [2.75, 3.05) is 23.9 Å². The summed E-state index contributed by atoms with van der Waals surface area (Å²) >= 11 is 19.6. The molecular weight excluding hydrogens is 737 g/mol. The van der Waals surface area contributed by atoms with Crippen molar-refractivity contribution >= 4 is 76.4 Å². The van der Waals surface area contributed by atoms with Crippen LogP contribution in [0.5, 0.6) is 0 Å². The van der Waals surface area contributed by atoms with E-state index in [9.17, 15) is 19.5 Å². The van der Waals surface area contributed by atoms with E-state index in [1.807, 2.05) is 24.3 Å². The normalized spacial score (nSPS) is 14.0. The van der Waals surface area contributed by atoms with Crippen LogP contribution < -0.4 is 5.32 Å². The number of thioether (sulfide) groups is 2. The summed E-state index contributed by atoms with van der Waals surface area (Å²) in [6.07, 6.45) is -0.944. The first-order valence-electron chi connectivity index (χ1n) is 15.6. The molecule has 1 amide bonds. The smallest absolute Gasteiger partial charge is 0.408 e. The summed E-state index contributed by atoms with van der Waals surface area (Å²) in [4.78, 5) is 34.1. The van der Waals surface area contributed by atoms with Gasteiger partial charge < -0.3 is 20.3 Å². The van der Waals surface area contributed by atoms with Crippen LogP contribution in [-0.2, 0) is 14.3 Å². The second-order valence-electron chi connectivity index (χ2n) is 11.7. The van der Waals surface area contributed by atoms with E-state index in [1.54, 1.807) is 24.1 Å². The topological polar surface area (TPSA) is 113 Å². The minimum Gasteiger partial charge on any atom is -0.480 e. The van der Waals surface area contributed by atoms with Crippen LogP contribution in [0.3, 0.4) is 0 Å². The number of rotatable bonds is 11. The van der Waals surface area contributed by atoms with Crippen molar-refractivity contribution in [1.29, 1.82) is 0 Å². The van der Waals surface area contributed by atoms with E-state index < -0.39 is 34.5 Å². The molecule has 4 aromatic rings. The molecule has 0 spiro atoms. The molecule has 0 aliphatic heterocycles. The Morgan fingerprint density at radius 1 is 0.760 bits per heavy atom. The monoisotopic (exact) mass is 769 g/mol. The number of carboxylic acid groups (broad SMARTS) is 2. The van der Waals surface area contributed by atoms with Gasteiger partial charge in [0.2, 0.25) is 3.79 Å². The van der Waals surface area contributed by atoms with E-state index >= 15 is 0 Å². The van der Waals surface area contributed by atoms with Gasteiger partial charge in [-0.15, -0.1) is 11.8 Å². The molecule has 0 heterocycles. The van der Waals surface area contributed by atoms with Gasteiger partial charge in [-0.3, -0.25) is 0 Å². The number of fused-ring (bicyclic) bond motifs is 6. The molecule has 3 N–H and O–H groups in total. The lowest BCUT2D eigenvalue weighted by atomic mass is 9.99. The fourth-order valence-electron chi connectivity index (χ4n) is 6.01. The predicted octanol–water partition coefficient (Wildman–Crippen LogP) is 9.60. The fraction of sp³-hybridized carbons (Fsp3) is 0.237. The van der Waals surface area contributed by atoms with Gasteiger partial charge in [-0.2, -0.15) is 11.8 Å². The maximum absolute atomic E-state index is 11.8. The molecule has 0 fully saturated rings. The summed E-state index contributed by atoms with van der Waals surface area (Å²) in [7, 11) is 0. The zero-order valence-electron chi connectivity index (χ0n) is 26.9.